The first-order valence-corrected chi connectivity index (χ1v) is 29.2. The van der Waals surface area contributed by atoms with Crippen molar-refractivity contribution in [3.8, 4) is 0 Å². The predicted octanol–water partition coefficient (Wildman–Crippen LogP) is -7.62. The molecule has 0 bridgehead atoms. The van der Waals surface area contributed by atoms with Crippen molar-refractivity contribution in [2.45, 2.75) is 212 Å². The molecule has 0 radical (unpaired) electrons. The van der Waals surface area contributed by atoms with Gasteiger partial charge in [-0.15, -0.1) is 0 Å². The summed E-state index contributed by atoms with van der Waals surface area (Å²) in [5, 5.41) is 65.7. The fraction of sp³-hybridized carbons (Fsp3) is 0.722. The van der Waals surface area contributed by atoms with Crippen molar-refractivity contribution in [2.24, 2.45) is 46.4 Å². The van der Waals surface area contributed by atoms with Gasteiger partial charge in [0, 0.05) is 6.42 Å². The molecule has 13 atom stereocenters. The molecule has 0 fully saturated rings. The number of primary amides is 2. The molecule has 0 rings (SSSR count). The Morgan fingerprint density at radius 2 is 0.764 bits per heavy atom. The second-order valence-electron chi connectivity index (χ2n) is 22.6. The largest absolute Gasteiger partial charge is 0.481 e. The van der Waals surface area contributed by atoms with E-state index in [1.165, 1.54) is 41.5 Å². The third kappa shape index (κ3) is 31.0. The maximum atomic E-state index is 14.1. The number of aliphatic hydroxyl groups excluding tert-OH is 2. The van der Waals surface area contributed by atoms with Gasteiger partial charge < -0.3 is 108 Å². The summed E-state index contributed by atoms with van der Waals surface area (Å²) in [6.45, 7) is 12.4. The molecule has 0 aromatic rings. The molecule has 89 heavy (non-hydrogen) atoms. The zero-order valence-electron chi connectivity index (χ0n) is 51.9. The standard InChI is InChI=1S/C54H96N16O19/c1-24(2)20-33(65-51(85)40(25(3)4)68-48(82)34(21-38(59)74)66-52(86)41(26(5)6)69-49(83)35(22-39(75)76)64-43(77)27(7)57)47(81)70-42(29(9)72)53(87)62-30(14-10-12-18-55)45(79)60-28(8)44(78)61-31(15-11-13-19-56)46(80)67-36(23-71)50(84)63-32(54(88)89)16-17-37(58)73/h24-36,40-42,71-72H,10-23,55-57H2,1-9H3,(H2,58,73)(H2,59,74)(H,60,79)(H,61,78)(H,62,87)(H,63,84)(H,64,77)(H,65,85)(H,66,86)(H,67,80)(H,68,82)(H,69,83)(H,70,81)(H,75,76)(H,88,89). The van der Waals surface area contributed by atoms with E-state index in [9.17, 15) is 92.3 Å². The maximum Gasteiger partial charge on any atom is 0.326 e. The molecular weight excluding hydrogens is 1180 g/mol. The van der Waals surface area contributed by atoms with Gasteiger partial charge >= 0.3 is 11.9 Å². The van der Waals surface area contributed by atoms with Crippen LogP contribution >= 0.6 is 0 Å². The number of amides is 13. The first kappa shape index (κ1) is 80.8. The van der Waals surface area contributed by atoms with Crippen molar-refractivity contribution >= 4 is 88.7 Å². The monoisotopic (exact) mass is 1270 g/mol. The first-order valence-electron chi connectivity index (χ1n) is 29.2. The third-order valence-electron chi connectivity index (χ3n) is 13.4. The zero-order chi connectivity index (χ0) is 68.6. The van der Waals surface area contributed by atoms with E-state index in [0.717, 1.165) is 6.92 Å². The number of hydrogen-bond donors (Lipinski definition) is 20. The molecule has 0 saturated heterocycles. The van der Waals surface area contributed by atoms with Crippen molar-refractivity contribution in [3.63, 3.8) is 0 Å². The van der Waals surface area contributed by atoms with Crippen molar-refractivity contribution in [3.05, 3.63) is 0 Å². The van der Waals surface area contributed by atoms with Crippen LogP contribution < -0.4 is 87.2 Å². The highest BCUT2D eigenvalue weighted by molar-refractivity contribution is 6.00. The number of unbranched alkanes of at least 4 members (excludes halogenated alkanes) is 2. The van der Waals surface area contributed by atoms with Gasteiger partial charge in [0.05, 0.1) is 31.6 Å². The molecule has 35 nitrogen and oxygen atoms in total. The van der Waals surface area contributed by atoms with Gasteiger partial charge in [-0.1, -0.05) is 41.5 Å². The summed E-state index contributed by atoms with van der Waals surface area (Å²) in [6, 6.07) is -18.6. The summed E-state index contributed by atoms with van der Waals surface area (Å²) in [5.74, 6) is -18.1. The van der Waals surface area contributed by atoms with Crippen molar-refractivity contribution in [2.75, 3.05) is 19.7 Å². The van der Waals surface area contributed by atoms with Crippen LogP contribution in [0.25, 0.3) is 0 Å². The normalized spacial score (nSPS) is 15.6. The van der Waals surface area contributed by atoms with Crippen LogP contribution in [0.2, 0.25) is 0 Å². The fourth-order valence-electron chi connectivity index (χ4n) is 8.30. The highest BCUT2D eigenvalue weighted by atomic mass is 16.4. The zero-order valence-corrected chi connectivity index (χ0v) is 51.9. The molecule has 0 aromatic carbocycles. The van der Waals surface area contributed by atoms with Gasteiger partial charge in [-0.2, -0.15) is 0 Å². The van der Waals surface area contributed by atoms with Gasteiger partial charge in [0.1, 0.15) is 66.5 Å². The topological polar surface area (TPSA) is 599 Å². The van der Waals surface area contributed by atoms with Crippen LogP contribution in [0, 0.1) is 17.8 Å². The first-order chi connectivity index (χ1) is 41.4. The number of carbonyl (C=O) groups is 15. The molecule has 13 unspecified atom stereocenters. The minimum Gasteiger partial charge on any atom is -0.481 e. The van der Waals surface area contributed by atoms with E-state index in [0.29, 0.717) is 12.8 Å². The van der Waals surface area contributed by atoms with Crippen LogP contribution in [-0.2, 0) is 71.9 Å². The number of nitrogens with one attached hydrogen (secondary N) is 11. The number of hydrogen-bond acceptors (Lipinski definition) is 20. The number of rotatable bonds is 44. The van der Waals surface area contributed by atoms with Crippen LogP contribution in [-0.4, -0.2) is 207 Å². The molecule has 0 saturated carbocycles. The predicted molar refractivity (Wildman–Crippen MR) is 316 cm³/mol. The summed E-state index contributed by atoms with van der Waals surface area (Å²) in [6.07, 6.45) is -3.25. The SMILES string of the molecule is CC(C)CC(NC(=O)C(NC(=O)C(CC(N)=O)NC(=O)C(NC(=O)C(CC(=O)O)NC(=O)C(C)N)C(C)C)C(C)C)C(=O)NC(C(=O)NC(CCCCN)C(=O)NC(C)C(=O)NC(CCCCN)C(=O)NC(CO)C(=O)NC(CCC(N)=O)C(=O)O)C(C)O. The highest BCUT2D eigenvalue weighted by Gasteiger charge is 2.38. The fourth-order valence-corrected chi connectivity index (χ4v) is 8.30. The van der Waals surface area contributed by atoms with Crippen LogP contribution in [0.3, 0.4) is 0 Å². The van der Waals surface area contributed by atoms with Crippen molar-refractivity contribution in [1.82, 2.24) is 58.5 Å². The molecule has 0 aromatic heterocycles. The lowest BCUT2D eigenvalue weighted by atomic mass is 9.98. The van der Waals surface area contributed by atoms with E-state index in [1.54, 1.807) is 13.8 Å². The molecule has 35 heteroatoms. The smallest absolute Gasteiger partial charge is 0.326 e. The molecule has 0 aliphatic carbocycles. The Hall–Kier alpha value is -8.15. The van der Waals surface area contributed by atoms with E-state index in [-0.39, 0.29) is 51.1 Å². The number of carboxylic acids is 2. The quantitative estimate of drug-likeness (QED) is 0.0252. The van der Waals surface area contributed by atoms with E-state index in [2.05, 4.69) is 58.5 Å². The summed E-state index contributed by atoms with van der Waals surface area (Å²) in [4.78, 5) is 196. The lowest BCUT2D eigenvalue weighted by Gasteiger charge is -2.30. The molecule has 506 valence electrons. The van der Waals surface area contributed by atoms with Gasteiger partial charge in [-0.05, 0) is 103 Å². The minimum atomic E-state index is -1.81. The minimum absolute atomic E-state index is 0.0699. The van der Waals surface area contributed by atoms with Crippen LogP contribution in [0.5, 0.6) is 0 Å². The van der Waals surface area contributed by atoms with Gasteiger partial charge in [0.25, 0.3) is 0 Å². The molecule has 0 aliphatic rings. The van der Waals surface area contributed by atoms with Crippen LogP contribution in [0.15, 0.2) is 0 Å². The Labute approximate surface area is 515 Å². The second kappa shape index (κ2) is 41.1. The lowest BCUT2D eigenvalue weighted by Crippen LogP contribution is -2.62. The van der Waals surface area contributed by atoms with E-state index in [1.807, 2.05) is 0 Å². The van der Waals surface area contributed by atoms with Gasteiger partial charge in [0.2, 0.25) is 76.8 Å². The van der Waals surface area contributed by atoms with E-state index >= 15 is 0 Å². The summed E-state index contributed by atoms with van der Waals surface area (Å²) in [5.41, 5.74) is 27.4. The van der Waals surface area contributed by atoms with Gasteiger partial charge in [0.15, 0.2) is 0 Å². The molecular formula is C54H96N16O19. The second-order valence-corrected chi connectivity index (χ2v) is 22.6. The van der Waals surface area contributed by atoms with Crippen molar-refractivity contribution < 1.29 is 92.3 Å². The van der Waals surface area contributed by atoms with Gasteiger partial charge in [-0.3, -0.25) is 67.1 Å². The number of carboxylic acid groups (broad SMARTS) is 2. The Balaban J connectivity index is 6.60. The Morgan fingerprint density at radius 3 is 1.17 bits per heavy atom. The Kier molecular flexibility index (Phi) is 37.4. The average molecular weight is 1270 g/mol. The number of aliphatic hydroxyl groups is 2. The summed E-state index contributed by atoms with van der Waals surface area (Å²) >= 11 is 0. The molecule has 0 heterocycles. The van der Waals surface area contributed by atoms with Crippen molar-refractivity contribution in [1.29, 1.82) is 0 Å². The third-order valence-corrected chi connectivity index (χ3v) is 13.4. The number of aliphatic carboxylic acids is 2. The molecule has 0 spiro atoms. The molecule has 13 amide bonds. The van der Waals surface area contributed by atoms with Gasteiger partial charge in [-0.25, -0.2) is 4.79 Å². The summed E-state index contributed by atoms with van der Waals surface area (Å²) < 4.78 is 0. The Bertz CT molecular complexity index is 2450. The average Bonchev–Trinajstić information content (AvgIpc) is 3.56. The maximum absolute atomic E-state index is 14.1. The Morgan fingerprint density at radius 1 is 0.393 bits per heavy atom. The van der Waals surface area contributed by atoms with Crippen LogP contribution in [0.1, 0.15) is 133 Å². The number of nitrogens with two attached hydrogens (primary N) is 5. The van der Waals surface area contributed by atoms with Crippen LogP contribution in [0.4, 0.5) is 0 Å². The molecule has 0 aliphatic heterocycles. The van der Waals surface area contributed by atoms with E-state index in [4.69, 9.17) is 28.7 Å². The lowest BCUT2D eigenvalue weighted by molar-refractivity contribution is -0.143. The molecule has 25 N–H and O–H groups in total. The highest BCUT2D eigenvalue weighted by Crippen LogP contribution is 2.13. The summed E-state index contributed by atoms with van der Waals surface area (Å²) in [7, 11) is 0. The number of carbonyl (C=O) groups excluding carboxylic acids is 13. The van der Waals surface area contributed by atoms with E-state index < -0.39 is 211 Å².